The summed E-state index contributed by atoms with van der Waals surface area (Å²) in [6.07, 6.45) is 4.59. The number of halogens is 1. The number of amides is 1. The summed E-state index contributed by atoms with van der Waals surface area (Å²) in [6.45, 7) is 6.88. The lowest BCUT2D eigenvalue weighted by Crippen LogP contribution is -2.37. The van der Waals surface area contributed by atoms with Crippen LogP contribution in [0.5, 0.6) is 0 Å². The summed E-state index contributed by atoms with van der Waals surface area (Å²) >= 11 is 3.65. The van der Waals surface area contributed by atoms with Crippen LogP contribution in [0.3, 0.4) is 0 Å². The van der Waals surface area contributed by atoms with Crippen molar-refractivity contribution in [3.8, 4) is 0 Å². The van der Waals surface area contributed by atoms with E-state index in [1.807, 2.05) is 20.8 Å². The minimum absolute atomic E-state index is 0.0385. The Morgan fingerprint density at radius 3 is 2.23 bits per heavy atom. The van der Waals surface area contributed by atoms with Gasteiger partial charge in [0.25, 0.3) is 0 Å². The van der Waals surface area contributed by atoms with Crippen LogP contribution >= 0.6 is 15.9 Å². The molecule has 2 atom stereocenters. The summed E-state index contributed by atoms with van der Waals surface area (Å²) in [5.74, 6) is 0. The molecule has 1 amide bonds. The van der Waals surface area contributed by atoms with Gasteiger partial charge in [-0.05, 0) is 46.5 Å². The normalized spacial score (nSPS) is 33.0. The largest absolute Gasteiger partial charge is 0.444 e. The lowest BCUT2D eigenvalue weighted by atomic mass is 9.95. The van der Waals surface area contributed by atoms with E-state index in [4.69, 9.17) is 14.2 Å². The van der Waals surface area contributed by atoms with Gasteiger partial charge in [0.1, 0.15) is 5.60 Å². The van der Waals surface area contributed by atoms with Crippen molar-refractivity contribution in [1.82, 2.24) is 4.90 Å². The molecule has 1 saturated heterocycles. The van der Waals surface area contributed by atoms with Gasteiger partial charge in [0, 0.05) is 13.7 Å². The number of carbonyl (C=O) groups excluding carboxylic acids is 1. The third-order valence-electron chi connectivity index (χ3n) is 4.17. The van der Waals surface area contributed by atoms with E-state index < -0.39 is 5.60 Å². The number of hydrogen-bond donors (Lipinski definition) is 0. The van der Waals surface area contributed by atoms with E-state index in [0.29, 0.717) is 19.2 Å². The Morgan fingerprint density at radius 1 is 1.09 bits per heavy atom. The second kappa shape index (κ2) is 7.49. The van der Waals surface area contributed by atoms with Crippen LogP contribution in [0.1, 0.15) is 46.5 Å². The predicted octanol–water partition coefficient (Wildman–Crippen LogP) is 3.34. The first kappa shape index (κ1) is 18.0. The van der Waals surface area contributed by atoms with Crippen molar-refractivity contribution in [2.75, 3.05) is 20.2 Å². The lowest BCUT2D eigenvalue weighted by Gasteiger charge is -2.30. The molecule has 1 aliphatic heterocycles. The van der Waals surface area contributed by atoms with Crippen molar-refractivity contribution >= 4 is 22.0 Å². The Morgan fingerprint density at radius 2 is 1.68 bits per heavy atom. The molecule has 0 radical (unpaired) electrons. The summed E-state index contributed by atoms with van der Waals surface area (Å²) < 4.78 is 17.0. The molecule has 1 aliphatic carbocycles. The number of carbonyl (C=O) groups is 1. The standard InChI is InChI=1S/C16H28BrNO4/c1-16(2,3)22-15(19)18-9-13(17)14(10-18)21-12-7-5-11(20-4)6-8-12/h11-14H,5-10H2,1-4H3. The number of likely N-dealkylation sites (tertiary alicyclic amines) is 1. The van der Waals surface area contributed by atoms with E-state index in [2.05, 4.69) is 15.9 Å². The highest BCUT2D eigenvalue weighted by molar-refractivity contribution is 9.09. The fourth-order valence-electron chi connectivity index (χ4n) is 2.99. The van der Waals surface area contributed by atoms with Gasteiger partial charge in [-0.25, -0.2) is 4.79 Å². The summed E-state index contributed by atoms with van der Waals surface area (Å²) in [7, 11) is 1.77. The molecule has 6 heteroatoms. The van der Waals surface area contributed by atoms with E-state index in [1.54, 1.807) is 12.0 Å². The minimum atomic E-state index is -0.462. The average Bonchev–Trinajstić information content (AvgIpc) is 2.79. The second-order valence-corrected chi connectivity index (χ2v) is 8.39. The molecule has 2 fully saturated rings. The van der Waals surface area contributed by atoms with Crippen LogP contribution < -0.4 is 0 Å². The predicted molar refractivity (Wildman–Crippen MR) is 88.4 cm³/mol. The van der Waals surface area contributed by atoms with Crippen LogP contribution in [0.2, 0.25) is 0 Å². The molecule has 0 aromatic rings. The van der Waals surface area contributed by atoms with Crippen molar-refractivity contribution < 1.29 is 19.0 Å². The highest BCUT2D eigenvalue weighted by atomic mass is 79.9. The molecule has 2 rings (SSSR count). The molecule has 22 heavy (non-hydrogen) atoms. The molecule has 0 N–H and O–H groups in total. The molecular weight excluding hydrogens is 350 g/mol. The number of hydrogen-bond acceptors (Lipinski definition) is 4. The molecule has 0 aromatic carbocycles. The fourth-order valence-corrected chi connectivity index (χ4v) is 3.63. The smallest absolute Gasteiger partial charge is 0.410 e. The minimum Gasteiger partial charge on any atom is -0.444 e. The number of rotatable bonds is 3. The fraction of sp³-hybridized carbons (Fsp3) is 0.938. The number of alkyl halides is 1. The van der Waals surface area contributed by atoms with E-state index in [1.165, 1.54) is 0 Å². The zero-order valence-electron chi connectivity index (χ0n) is 14.0. The van der Waals surface area contributed by atoms with Gasteiger partial charge in [-0.1, -0.05) is 15.9 Å². The van der Waals surface area contributed by atoms with E-state index in [9.17, 15) is 4.79 Å². The van der Waals surface area contributed by atoms with Gasteiger partial charge in [0.2, 0.25) is 0 Å². The van der Waals surface area contributed by atoms with Crippen molar-refractivity contribution in [3.63, 3.8) is 0 Å². The van der Waals surface area contributed by atoms with Crippen LogP contribution in [-0.4, -0.2) is 59.9 Å². The summed E-state index contributed by atoms with van der Waals surface area (Å²) in [5.41, 5.74) is -0.462. The maximum Gasteiger partial charge on any atom is 0.410 e. The van der Waals surface area contributed by atoms with Crippen LogP contribution in [-0.2, 0) is 14.2 Å². The molecule has 2 aliphatic rings. The highest BCUT2D eigenvalue weighted by Gasteiger charge is 2.38. The first-order valence-corrected chi connectivity index (χ1v) is 9.00. The first-order valence-electron chi connectivity index (χ1n) is 8.08. The SMILES string of the molecule is COC1CCC(OC2CN(C(=O)OC(C)(C)C)CC2Br)CC1. The van der Waals surface area contributed by atoms with Crippen molar-refractivity contribution in [1.29, 1.82) is 0 Å². The Balaban J connectivity index is 1.80. The van der Waals surface area contributed by atoms with E-state index >= 15 is 0 Å². The van der Waals surface area contributed by atoms with Gasteiger partial charge in [0.05, 0.1) is 29.7 Å². The summed E-state index contributed by atoms with van der Waals surface area (Å²) in [4.78, 5) is 14.0. The molecule has 5 nitrogen and oxygen atoms in total. The number of methoxy groups -OCH3 is 1. The molecule has 1 heterocycles. The first-order chi connectivity index (χ1) is 10.3. The monoisotopic (exact) mass is 377 g/mol. The lowest BCUT2D eigenvalue weighted by molar-refractivity contribution is -0.0490. The third-order valence-corrected chi connectivity index (χ3v) is 5.05. The molecule has 0 bridgehead atoms. The van der Waals surface area contributed by atoms with Gasteiger partial charge in [0.15, 0.2) is 0 Å². The summed E-state index contributed by atoms with van der Waals surface area (Å²) in [5, 5.41) is 0. The molecule has 2 unspecified atom stereocenters. The molecule has 0 spiro atoms. The topological polar surface area (TPSA) is 48.0 Å². The van der Waals surface area contributed by atoms with Gasteiger partial charge >= 0.3 is 6.09 Å². The highest BCUT2D eigenvalue weighted by Crippen LogP contribution is 2.29. The Kier molecular flexibility index (Phi) is 6.14. The third kappa shape index (κ3) is 5.10. The van der Waals surface area contributed by atoms with E-state index in [0.717, 1.165) is 25.7 Å². The Hall–Kier alpha value is -0.330. The summed E-state index contributed by atoms with van der Waals surface area (Å²) in [6, 6.07) is 0. The van der Waals surface area contributed by atoms with Gasteiger partial charge in [-0.3, -0.25) is 0 Å². The van der Waals surface area contributed by atoms with Gasteiger partial charge < -0.3 is 19.1 Å². The zero-order valence-corrected chi connectivity index (χ0v) is 15.6. The van der Waals surface area contributed by atoms with Crippen LogP contribution in [0.25, 0.3) is 0 Å². The van der Waals surface area contributed by atoms with Crippen molar-refractivity contribution in [3.05, 3.63) is 0 Å². The molecule has 1 saturated carbocycles. The Labute approximate surface area is 141 Å². The van der Waals surface area contributed by atoms with Crippen LogP contribution in [0.4, 0.5) is 4.79 Å². The Bertz CT molecular complexity index is 377. The van der Waals surface area contributed by atoms with Crippen LogP contribution in [0.15, 0.2) is 0 Å². The maximum atomic E-state index is 12.1. The average molecular weight is 378 g/mol. The van der Waals surface area contributed by atoms with E-state index in [-0.39, 0.29) is 23.1 Å². The second-order valence-electron chi connectivity index (χ2n) is 7.21. The number of ether oxygens (including phenoxy) is 3. The quantitative estimate of drug-likeness (QED) is 0.707. The number of nitrogens with zero attached hydrogens (tertiary/aromatic N) is 1. The zero-order chi connectivity index (χ0) is 16.3. The van der Waals surface area contributed by atoms with Crippen molar-refractivity contribution in [2.24, 2.45) is 0 Å². The molecular formula is C16H28BrNO4. The van der Waals surface area contributed by atoms with Gasteiger partial charge in [-0.15, -0.1) is 0 Å². The molecule has 128 valence electrons. The maximum absolute atomic E-state index is 12.1. The van der Waals surface area contributed by atoms with Gasteiger partial charge in [-0.2, -0.15) is 0 Å². The van der Waals surface area contributed by atoms with Crippen molar-refractivity contribution in [2.45, 2.75) is 75.2 Å². The molecule has 0 aromatic heterocycles. The van der Waals surface area contributed by atoms with Crippen LogP contribution in [0, 0.1) is 0 Å².